The van der Waals surface area contributed by atoms with Crippen molar-refractivity contribution in [1.29, 1.82) is 0 Å². The normalized spacial score (nSPS) is 23.8. The first-order chi connectivity index (χ1) is 13.3. The van der Waals surface area contributed by atoms with Gasteiger partial charge in [0.15, 0.2) is 5.78 Å². The molecule has 0 N–H and O–H groups in total. The van der Waals surface area contributed by atoms with Gasteiger partial charge in [0.1, 0.15) is 0 Å². The van der Waals surface area contributed by atoms with Crippen molar-refractivity contribution in [3.8, 4) is 0 Å². The largest absolute Gasteiger partial charge is 0.367 e. The fourth-order valence-corrected chi connectivity index (χ4v) is 5.38. The van der Waals surface area contributed by atoms with E-state index >= 15 is 0 Å². The summed E-state index contributed by atoms with van der Waals surface area (Å²) in [4.78, 5) is 21.6. The van der Waals surface area contributed by atoms with Crippen molar-refractivity contribution in [2.45, 2.75) is 44.1 Å². The van der Waals surface area contributed by atoms with Gasteiger partial charge < -0.3 is 9.80 Å². The zero-order valence-corrected chi connectivity index (χ0v) is 15.8. The molecule has 1 aromatic heterocycles. The summed E-state index contributed by atoms with van der Waals surface area (Å²) in [6.45, 7) is 4.55. The maximum absolute atomic E-state index is 12.3. The van der Waals surface area contributed by atoms with E-state index in [0.717, 1.165) is 31.6 Å². The fourth-order valence-electron chi connectivity index (χ4n) is 5.38. The lowest BCUT2D eigenvalue weighted by atomic mass is 9.88. The molecule has 4 nitrogen and oxygen atoms in total. The third-order valence-corrected chi connectivity index (χ3v) is 6.62. The van der Waals surface area contributed by atoms with Gasteiger partial charge in [-0.25, -0.2) is 0 Å². The maximum atomic E-state index is 12.3. The van der Waals surface area contributed by atoms with Crippen LogP contribution in [0.4, 0.5) is 5.69 Å². The lowest BCUT2D eigenvalue weighted by Gasteiger charge is -2.40. The van der Waals surface area contributed by atoms with Crippen LogP contribution in [0.1, 0.15) is 53.1 Å². The number of para-hydroxylation sites is 1. The van der Waals surface area contributed by atoms with Crippen molar-refractivity contribution in [3.63, 3.8) is 0 Å². The van der Waals surface area contributed by atoms with Gasteiger partial charge in [0.2, 0.25) is 0 Å². The number of anilines is 1. The monoisotopic (exact) mass is 361 g/mol. The first kappa shape index (κ1) is 16.9. The van der Waals surface area contributed by atoms with Crippen LogP contribution in [0.25, 0.3) is 0 Å². The molecule has 0 amide bonds. The second-order valence-corrected chi connectivity index (χ2v) is 8.18. The van der Waals surface area contributed by atoms with Crippen molar-refractivity contribution in [2.75, 3.05) is 31.1 Å². The Morgan fingerprint density at radius 1 is 1.15 bits per heavy atom. The summed E-state index contributed by atoms with van der Waals surface area (Å²) in [7, 11) is 0. The van der Waals surface area contributed by atoms with E-state index in [4.69, 9.17) is 0 Å². The SMILES string of the molecule is O=C(CCCN1CCC2C(C1)c1cccc3c1N2CCC3)c1ccncc1. The van der Waals surface area contributed by atoms with Crippen LogP contribution in [-0.4, -0.2) is 47.9 Å². The van der Waals surface area contributed by atoms with Gasteiger partial charge >= 0.3 is 0 Å². The van der Waals surface area contributed by atoms with Crippen LogP contribution in [0.5, 0.6) is 0 Å². The molecule has 1 fully saturated rings. The molecule has 0 radical (unpaired) electrons. The Balaban J connectivity index is 1.22. The number of nitrogens with zero attached hydrogens (tertiary/aromatic N) is 3. The lowest BCUT2D eigenvalue weighted by Crippen LogP contribution is -2.47. The number of piperidine rings is 1. The molecule has 1 aromatic carbocycles. The van der Waals surface area contributed by atoms with Gasteiger partial charge in [0.25, 0.3) is 0 Å². The van der Waals surface area contributed by atoms with E-state index < -0.39 is 0 Å². The minimum Gasteiger partial charge on any atom is -0.367 e. The van der Waals surface area contributed by atoms with Gasteiger partial charge in [0.05, 0.1) is 0 Å². The Labute approximate surface area is 161 Å². The Morgan fingerprint density at radius 3 is 2.93 bits per heavy atom. The molecule has 0 bridgehead atoms. The van der Waals surface area contributed by atoms with Gasteiger partial charge in [-0.2, -0.15) is 0 Å². The number of pyridine rings is 1. The molecule has 4 heteroatoms. The van der Waals surface area contributed by atoms with Gasteiger partial charge in [0, 0.05) is 61.7 Å². The molecule has 0 saturated carbocycles. The minimum absolute atomic E-state index is 0.236. The second-order valence-electron chi connectivity index (χ2n) is 8.18. The molecule has 2 atom stereocenters. The first-order valence-corrected chi connectivity index (χ1v) is 10.4. The van der Waals surface area contributed by atoms with E-state index in [9.17, 15) is 4.79 Å². The number of hydrogen-bond donors (Lipinski definition) is 0. The van der Waals surface area contributed by atoms with E-state index in [1.807, 2.05) is 12.1 Å². The van der Waals surface area contributed by atoms with E-state index in [2.05, 4.69) is 33.0 Å². The van der Waals surface area contributed by atoms with Gasteiger partial charge in [-0.05, 0) is 55.5 Å². The van der Waals surface area contributed by atoms with Crippen molar-refractivity contribution >= 4 is 11.5 Å². The second kappa shape index (κ2) is 7.08. The van der Waals surface area contributed by atoms with Crippen molar-refractivity contribution in [3.05, 3.63) is 59.4 Å². The molecule has 3 aliphatic rings. The first-order valence-electron chi connectivity index (χ1n) is 10.4. The number of fused-ring (bicyclic) bond motifs is 3. The Bertz CT molecular complexity index is 835. The van der Waals surface area contributed by atoms with Crippen molar-refractivity contribution in [1.82, 2.24) is 9.88 Å². The summed E-state index contributed by atoms with van der Waals surface area (Å²) < 4.78 is 0. The summed E-state index contributed by atoms with van der Waals surface area (Å²) in [6.07, 6.45) is 8.73. The molecule has 140 valence electrons. The average molecular weight is 361 g/mol. The number of carbonyl (C=O) groups excluding carboxylic acids is 1. The molecule has 4 heterocycles. The van der Waals surface area contributed by atoms with Gasteiger partial charge in [-0.1, -0.05) is 18.2 Å². The number of hydrogen-bond acceptors (Lipinski definition) is 4. The Hall–Kier alpha value is -2.20. The molecular formula is C23H27N3O. The number of aryl methyl sites for hydroxylation is 1. The summed E-state index contributed by atoms with van der Waals surface area (Å²) in [5.74, 6) is 0.878. The third-order valence-electron chi connectivity index (χ3n) is 6.62. The molecule has 0 spiro atoms. The third kappa shape index (κ3) is 3.06. The summed E-state index contributed by atoms with van der Waals surface area (Å²) in [5, 5.41) is 0. The number of carbonyl (C=O) groups is 1. The van der Waals surface area contributed by atoms with E-state index in [1.54, 1.807) is 29.2 Å². The molecule has 27 heavy (non-hydrogen) atoms. The highest BCUT2D eigenvalue weighted by atomic mass is 16.1. The quantitative estimate of drug-likeness (QED) is 0.762. The van der Waals surface area contributed by atoms with E-state index in [0.29, 0.717) is 18.4 Å². The molecular weight excluding hydrogens is 334 g/mol. The van der Waals surface area contributed by atoms with Crippen LogP contribution in [-0.2, 0) is 6.42 Å². The van der Waals surface area contributed by atoms with Crippen molar-refractivity contribution in [2.24, 2.45) is 0 Å². The van der Waals surface area contributed by atoms with Gasteiger partial charge in [-0.3, -0.25) is 9.78 Å². The summed E-state index contributed by atoms with van der Waals surface area (Å²) in [6, 6.07) is 11.3. The lowest BCUT2D eigenvalue weighted by molar-refractivity contribution is 0.0971. The molecule has 3 aliphatic heterocycles. The van der Waals surface area contributed by atoms with Crippen LogP contribution in [0.2, 0.25) is 0 Å². The summed E-state index contributed by atoms with van der Waals surface area (Å²) in [5.41, 5.74) is 5.49. The zero-order valence-electron chi connectivity index (χ0n) is 15.8. The molecule has 2 aromatic rings. The minimum atomic E-state index is 0.236. The Kier molecular flexibility index (Phi) is 4.44. The highest BCUT2D eigenvalue weighted by molar-refractivity contribution is 5.95. The highest BCUT2D eigenvalue weighted by Gasteiger charge is 2.43. The fraction of sp³-hybridized carbons (Fsp3) is 0.478. The standard InChI is InChI=1S/C23H27N3O/c27-22(17-8-11-24-12-9-17)7-3-13-25-15-10-21-20(16-25)19-6-1-4-18-5-2-14-26(21)23(18)19/h1,4,6,8-9,11-12,20-21H,2-3,5,7,10,13-16H2. The number of Topliss-reactive ketones (excluding diaryl/α,β-unsaturated/α-hetero) is 1. The smallest absolute Gasteiger partial charge is 0.163 e. The number of rotatable bonds is 5. The van der Waals surface area contributed by atoms with Crippen LogP contribution < -0.4 is 4.90 Å². The predicted molar refractivity (Wildman–Crippen MR) is 107 cm³/mol. The van der Waals surface area contributed by atoms with Crippen LogP contribution >= 0.6 is 0 Å². The number of likely N-dealkylation sites (tertiary alicyclic amines) is 1. The zero-order chi connectivity index (χ0) is 18.2. The van der Waals surface area contributed by atoms with E-state index in [1.165, 1.54) is 25.8 Å². The van der Waals surface area contributed by atoms with Crippen molar-refractivity contribution < 1.29 is 4.79 Å². The number of ketones is 1. The van der Waals surface area contributed by atoms with Crippen LogP contribution in [0, 0.1) is 0 Å². The van der Waals surface area contributed by atoms with Crippen LogP contribution in [0.3, 0.4) is 0 Å². The molecule has 5 rings (SSSR count). The van der Waals surface area contributed by atoms with E-state index in [-0.39, 0.29) is 5.78 Å². The summed E-state index contributed by atoms with van der Waals surface area (Å²) >= 11 is 0. The topological polar surface area (TPSA) is 36.4 Å². The number of aromatic nitrogens is 1. The molecule has 0 aliphatic carbocycles. The average Bonchev–Trinajstić information content (AvgIpc) is 3.04. The maximum Gasteiger partial charge on any atom is 0.163 e. The van der Waals surface area contributed by atoms with Crippen LogP contribution in [0.15, 0.2) is 42.7 Å². The predicted octanol–water partition coefficient (Wildman–Crippen LogP) is 3.67. The molecule has 1 saturated heterocycles. The Morgan fingerprint density at radius 2 is 2.04 bits per heavy atom. The highest BCUT2D eigenvalue weighted by Crippen LogP contribution is 2.48. The molecule has 2 unspecified atom stereocenters. The number of benzene rings is 1. The van der Waals surface area contributed by atoms with Gasteiger partial charge in [-0.15, -0.1) is 0 Å².